The summed E-state index contributed by atoms with van der Waals surface area (Å²) in [4.78, 5) is 2.38. The Hall–Kier alpha value is -5.18. The minimum absolute atomic E-state index is 0.211. The van der Waals surface area contributed by atoms with Gasteiger partial charge in [0.1, 0.15) is 0 Å². The van der Waals surface area contributed by atoms with Gasteiger partial charge in [-0.25, -0.2) is 0 Å². The molecule has 0 amide bonds. The average Bonchev–Trinajstić information content (AvgIpc) is 3.06. The lowest BCUT2D eigenvalue weighted by Gasteiger charge is -2.36. The van der Waals surface area contributed by atoms with Crippen LogP contribution in [0.3, 0.4) is 0 Å². The molecule has 0 saturated heterocycles. The molecule has 2 unspecified atom stereocenters. The van der Waals surface area contributed by atoms with Crippen molar-refractivity contribution in [2.24, 2.45) is 0 Å². The molecule has 1 aliphatic carbocycles. The van der Waals surface area contributed by atoms with E-state index in [0.29, 0.717) is 0 Å². The first-order valence-electron chi connectivity index (χ1n) is 14.5. The van der Waals surface area contributed by atoms with E-state index in [1.807, 2.05) is 6.07 Å². The van der Waals surface area contributed by atoms with Crippen LogP contribution in [-0.2, 0) is 0 Å². The van der Waals surface area contributed by atoms with E-state index in [-0.39, 0.29) is 5.92 Å². The molecule has 0 aliphatic heterocycles. The lowest BCUT2D eigenvalue weighted by Crippen LogP contribution is -2.24. The van der Waals surface area contributed by atoms with Crippen molar-refractivity contribution in [2.75, 3.05) is 4.90 Å². The second-order valence-corrected chi connectivity index (χ2v) is 11.0. The van der Waals surface area contributed by atoms with Gasteiger partial charge in [0, 0.05) is 22.6 Å². The lowest BCUT2D eigenvalue weighted by atomic mass is 9.80. The van der Waals surface area contributed by atoms with Crippen LogP contribution in [0.15, 0.2) is 158 Å². The molecular weight excluding hydrogens is 510 g/mol. The summed E-state index contributed by atoms with van der Waals surface area (Å²) in [5.74, 6) is -0.211. The molecule has 0 aromatic heterocycles. The summed E-state index contributed by atoms with van der Waals surface area (Å²) in [6, 6.07) is 53.5. The highest BCUT2D eigenvalue weighted by atomic mass is 16.3. The Morgan fingerprint density at radius 1 is 0.500 bits per heavy atom. The number of aliphatic hydroxyl groups excluding tert-OH is 1. The molecule has 2 atom stereocenters. The summed E-state index contributed by atoms with van der Waals surface area (Å²) in [7, 11) is 0. The third-order valence-corrected chi connectivity index (χ3v) is 8.63. The van der Waals surface area contributed by atoms with Crippen LogP contribution in [0, 0.1) is 0 Å². The largest absolute Gasteiger partial charge is 0.387 e. The van der Waals surface area contributed by atoms with E-state index in [0.717, 1.165) is 33.8 Å². The summed E-state index contributed by atoms with van der Waals surface area (Å²) in [6.07, 6.45) is 1.62. The number of aliphatic hydroxyl groups is 1. The monoisotopic (exact) mass is 539 g/mol. The molecule has 2 heteroatoms. The molecule has 8 rings (SSSR count). The topological polar surface area (TPSA) is 23.5 Å². The fourth-order valence-corrected chi connectivity index (χ4v) is 6.63. The lowest BCUT2D eigenvalue weighted by molar-refractivity contribution is 0.160. The van der Waals surface area contributed by atoms with E-state index in [1.165, 1.54) is 32.3 Å². The van der Waals surface area contributed by atoms with Gasteiger partial charge in [-0.2, -0.15) is 0 Å². The van der Waals surface area contributed by atoms with Crippen molar-refractivity contribution in [2.45, 2.75) is 12.0 Å². The van der Waals surface area contributed by atoms with Crippen LogP contribution in [0.5, 0.6) is 0 Å². The van der Waals surface area contributed by atoms with Crippen molar-refractivity contribution in [1.82, 2.24) is 0 Å². The highest BCUT2D eigenvalue weighted by Gasteiger charge is 2.33. The fourth-order valence-electron chi connectivity index (χ4n) is 6.63. The van der Waals surface area contributed by atoms with Gasteiger partial charge in [0.2, 0.25) is 0 Å². The van der Waals surface area contributed by atoms with Gasteiger partial charge in [0.05, 0.1) is 17.5 Å². The molecule has 0 bridgehead atoms. The number of fused-ring (bicyclic) bond motifs is 5. The van der Waals surface area contributed by atoms with Crippen molar-refractivity contribution in [1.29, 1.82) is 0 Å². The molecule has 7 aromatic rings. The van der Waals surface area contributed by atoms with E-state index in [9.17, 15) is 5.11 Å². The van der Waals surface area contributed by atoms with Gasteiger partial charge in [-0.05, 0) is 62.3 Å². The number of hydrogen-bond donors (Lipinski definition) is 1. The molecule has 1 aliphatic rings. The molecule has 0 heterocycles. The number of para-hydroxylation sites is 1. The van der Waals surface area contributed by atoms with Crippen LogP contribution in [-0.4, -0.2) is 5.11 Å². The molecule has 2 nitrogen and oxygen atoms in total. The fraction of sp³-hybridized carbons (Fsp3) is 0.0500. The standard InChI is InChI=1S/C40H29NO/c42-40-36-21-11-10-20-35(36)39(26-37(40)30-23-22-27-12-4-5-13-28(27)24-30)41(31-15-2-1-3-16-31)38-25-29-14-6-7-17-32(29)33-18-8-9-19-34(33)38/h1-26,37,40,42H. The van der Waals surface area contributed by atoms with Crippen molar-refractivity contribution >= 4 is 49.4 Å². The quantitative estimate of drug-likeness (QED) is 0.225. The molecule has 0 radical (unpaired) electrons. The Morgan fingerprint density at radius 3 is 1.98 bits per heavy atom. The van der Waals surface area contributed by atoms with Crippen molar-refractivity contribution in [3.05, 3.63) is 174 Å². The van der Waals surface area contributed by atoms with Crippen LogP contribution >= 0.6 is 0 Å². The van der Waals surface area contributed by atoms with E-state index >= 15 is 0 Å². The van der Waals surface area contributed by atoms with Gasteiger partial charge in [-0.3, -0.25) is 0 Å². The highest BCUT2D eigenvalue weighted by Crippen LogP contribution is 2.48. The molecule has 1 N–H and O–H groups in total. The van der Waals surface area contributed by atoms with E-state index in [1.54, 1.807) is 0 Å². The van der Waals surface area contributed by atoms with Gasteiger partial charge in [0.15, 0.2) is 0 Å². The van der Waals surface area contributed by atoms with Gasteiger partial charge < -0.3 is 10.0 Å². The average molecular weight is 540 g/mol. The normalized spacial score (nSPS) is 16.4. The predicted octanol–water partition coefficient (Wildman–Crippen LogP) is 10.2. The number of anilines is 2. The molecule has 0 spiro atoms. The Labute approximate surface area is 245 Å². The third kappa shape index (κ3) is 4.00. The Morgan fingerprint density at radius 2 is 1.14 bits per heavy atom. The van der Waals surface area contributed by atoms with E-state index < -0.39 is 6.10 Å². The number of rotatable bonds is 4. The maximum atomic E-state index is 11.8. The van der Waals surface area contributed by atoms with Crippen LogP contribution < -0.4 is 4.90 Å². The number of nitrogens with zero attached hydrogens (tertiary/aromatic N) is 1. The summed E-state index contributed by atoms with van der Waals surface area (Å²) in [6.45, 7) is 0. The van der Waals surface area contributed by atoms with Crippen LogP contribution in [0.4, 0.5) is 11.4 Å². The van der Waals surface area contributed by atoms with Gasteiger partial charge in [-0.15, -0.1) is 0 Å². The molecule has 0 saturated carbocycles. The Kier molecular flexibility index (Phi) is 5.87. The van der Waals surface area contributed by atoms with Crippen molar-refractivity contribution in [3.63, 3.8) is 0 Å². The van der Waals surface area contributed by atoms with E-state index in [4.69, 9.17) is 0 Å². The van der Waals surface area contributed by atoms with E-state index in [2.05, 4.69) is 157 Å². The summed E-state index contributed by atoms with van der Waals surface area (Å²) >= 11 is 0. The van der Waals surface area contributed by atoms with Gasteiger partial charge in [0.25, 0.3) is 0 Å². The number of hydrogen-bond acceptors (Lipinski definition) is 2. The minimum Gasteiger partial charge on any atom is -0.387 e. The molecule has 42 heavy (non-hydrogen) atoms. The third-order valence-electron chi connectivity index (χ3n) is 8.63. The minimum atomic E-state index is -0.655. The van der Waals surface area contributed by atoms with Crippen LogP contribution in [0.2, 0.25) is 0 Å². The molecule has 0 fully saturated rings. The molecule has 200 valence electrons. The molecular formula is C40H29NO. The van der Waals surface area contributed by atoms with Crippen LogP contribution in [0.1, 0.15) is 28.7 Å². The summed E-state index contributed by atoms with van der Waals surface area (Å²) in [5.41, 5.74) is 6.35. The Balaban J connectivity index is 1.42. The second kappa shape index (κ2) is 10.0. The first-order chi connectivity index (χ1) is 20.8. The van der Waals surface area contributed by atoms with Gasteiger partial charge in [-0.1, -0.05) is 133 Å². The maximum Gasteiger partial charge on any atom is 0.0900 e. The summed E-state index contributed by atoms with van der Waals surface area (Å²) < 4.78 is 0. The zero-order chi connectivity index (χ0) is 28.0. The predicted molar refractivity (Wildman–Crippen MR) is 176 cm³/mol. The second-order valence-electron chi connectivity index (χ2n) is 11.0. The van der Waals surface area contributed by atoms with Gasteiger partial charge >= 0.3 is 0 Å². The SMILES string of the molecule is OC1c2ccccc2C(N(c2ccccc2)c2cc3ccccc3c3ccccc23)=CC1c1ccc2ccccc2c1. The first kappa shape index (κ1) is 24.6. The maximum absolute atomic E-state index is 11.8. The Bertz CT molecular complexity index is 2130. The van der Waals surface area contributed by atoms with Crippen LogP contribution in [0.25, 0.3) is 38.0 Å². The number of benzene rings is 7. The zero-order valence-corrected chi connectivity index (χ0v) is 23.1. The van der Waals surface area contributed by atoms with Crippen molar-refractivity contribution < 1.29 is 5.11 Å². The van der Waals surface area contributed by atoms with Crippen molar-refractivity contribution in [3.8, 4) is 0 Å². The summed E-state index contributed by atoms with van der Waals surface area (Å²) in [5, 5.41) is 19.1. The molecule has 7 aromatic carbocycles. The smallest absolute Gasteiger partial charge is 0.0900 e. The first-order valence-corrected chi connectivity index (χ1v) is 14.5. The highest BCUT2D eigenvalue weighted by molar-refractivity contribution is 6.15. The zero-order valence-electron chi connectivity index (χ0n) is 23.1.